The van der Waals surface area contributed by atoms with Crippen molar-refractivity contribution in [2.24, 2.45) is 0 Å². The number of carboxylic acids is 1. The Bertz CT molecular complexity index is 460. The molecule has 16 heavy (non-hydrogen) atoms. The summed E-state index contributed by atoms with van der Waals surface area (Å²) in [5.41, 5.74) is 1.83. The maximum absolute atomic E-state index is 11.4. The van der Waals surface area contributed by atoms with Crippen LogP contribution < -0.4 is 5.11 Å². The minimum atomic E-state index is -1.12. The summed E-state index contributed by atoms with van der Waals surface area (Å²) in [6.07, 6.45) is 3.38. The number of benzene rings is 1. The van der Waals surface area contributed by atoms with Gasteiger partial charge in [0.25, 0.3) is 0 Å². The molecule has 0 saturated carbocycles. The molecule has 0 bridgehead atoms. The first kappa shape index (κ1) is 10.6. The fourth-order valence-corrected chi connectivity index (χ4v) is 2.02. The number of fused-ring (bicyclic) bond motifs is 1. The third-order valence-corrected chi connectivity index (χ3v) is 2.75. The maximum atomic E-state index is 11.4. The first-order valence-electron chi connectivity index (χ1n) is 5.16. The summed E-state index contributed by atoms with van der Waals surface area (Å²) >= 11 is 0. The fourth-order valence-electron chi connectivity index (χ4n) is 2.02. The number of allylic oxidation sites excluding steroid dienone is 1. The van der Waals surface area contributed by atoms with Gasteiger partial charge in [-0.2, -0.15) is 0 Å². The van der Waals surface area contributed by atoms with Gasteiger partial charge < -0.3 is 9.90 Å². The minimum absolute atomic E-state index is 0.0394. The Morgan fingerprint density at radius 2 is 2.06 bits per heavy atom. The van der Waals surface area contributed by atoms with E-state index in [0.717, 1.165) is 11.1 Å². The number of hydrogen-bond acceptors (Lipinski definition) is 3. The van der Waals surface area contributed by atoms with Crippen molar-refractivity contribution in [2.75, 3.05) is 0 Å². The number of carbonyl (C=O) groups is 2. The predicted molar refractivity (Wildman–Crippen MR) is 57.5 cm³/mol. The first-order chi connectivity index (χ1) is 7.66. The van der Waals surface area contributed by atoms with Crippen molar-refractivity contribution < 1.29 is 14.7 Å². The summed E-state index contributed by atoms with van der Waals surface area (Å²) in [7, 11) is 0. The van der Waals surface area contributed by atoms with Crippen LogP contribution in [-0.2, 0) is 9.59 Å². The Morgan fingerprint density at radius 1 is 1.31 bits per heavy atom. The zero-order valence-corrected chi connectivity index (χ0v) is 8.68. The SMILES string of the molecule is O=C([O-])CC1CC(=O)C=Cc2ccccc21. The van der Waals surface area contributed by atoms with Gasteiger partial charge in [0.05, 0.1) is 0 Å². The van der Waals surface area contributed by atoms with E-state index in [1.54, 1.807) is 6.08 Å². The molecule has 1 aliphatic carbocycles. The number of ketones is 1. The van der Waals surface area contributed by atoms with Crippen LogP contribution in [0.5, 0.6) is 0 Å². The second kappa shape index (κ2) is 4.31. The number of hydrogen-bond donors (Lipinski definition) is 0. The highest BCUT2D eigenvalue weighted by Crippen LogP contribution is 2.30. The zero-order chi connectivity index (χ0) is 11.5. The second-order valence-corrected chi connectivity index (χ2v) is 3.91. The van der Waals surface area contributed by atoms with Crippen LogP contribution in [-0.4, -0.2) is 11.8 Å². The molecule has 0 fully saturated rings. The van der Waals surface area contributed by atoms with Crippen LogP contribution in [0, 0.1) is 0 Å². The fraction of sp³-hybridized carbons (Fsp3) is 0.231. The third-order valence-electron chi connectivity index (χ3n) is 2.75. The van der Waals surface area contributed by atoms with E-state index in [1.165, 1.54) is 6.08 Å². The van der Waals surface area contributed by atoms with Crippen LogP contribution in [0.4, 0.5) is 0 Å². The number of rotatable bonds is 2. The Kier molecular flexibility index (Phi) is 2.86. The molecule has 0 heterocycles. The van der Waals surface area contributed by atoms with Crippen molar-refractivity contribution >= 4 is 17.8 Å². The van der Waals surface area contributed by atoms with Gasteiger partial charge in [-0.15, -0.1) is 0 Å². The maximum Gasteiger partial charge on any atom is 0.156 e. The first-order valence-corrected chi connectivity index (χ1v) is 5.16. The molecular weight excluding hydrogens is 204 g/mol. The van der Waals surface area contributed by atoms with Gasteiger partial charge in [0.1, 0.15) is 0 Å². The third kappa shape index (κ3) is 2.19. The van der Waals surface area contributed by atoms with E-state index in [4.69, 9.17) is 0 Å². The van der Waals surface area contributed by atoms with Gasteiger partial charge in [-0.1, -0.05) is 30.3 Å². The van der Waals surface area contributed by atoms with Crippen LogP contribution in [0.15, 0.2) is 30.3 Å². The zero-order valence-electron chi connectivity index (χ0n) is 8.68. The van der Waals surface area contributed by atoms with E-state index in [-0.39, 0.29) is 24.5 Å². The van der Waals surface area contributed by atoms with Gasteiger partial charge in [-0.3, -0.25) is 4.79 Å². The average Bonchev–Trinajstić information content (AvgIpc) is 2.39. The highest BCUT2D eigenvalue weighted by atomic mass is 16.4. The lowest BCUT2D eigenvalue weighted by Crippen LogP contribution is -2.25. The monoisotopic (exact) mass is 215 g/mol. The predicted octanol–water partition coefficient (Wildman–Crippen LogP) is 0.896. The van der Waals surface area contributed by atoms with E-state index < -0.39 is 5.97 Å². The smallest absolute Gasteiger partial charge is 0.156 e. The van der Waals surface area contributed by atoms with Crippen molar-refractivity contribution in [2.45, 2.75) is 18.8 Å². The van der Waals surface area contributed by atoms with Gasteiger partial charge in [0, 0.05) is 12.4 Å². The molecule has 0 saturated heterocycles. The van der Waals surface area contributed by atoms with E-state index in [1.807, 2.05) is 24.3 Å². The summed E-state index contributed by atoms with van der Waals surface area (Å²) < 4.78 is 0. The van der Waals surface area contributed by atoms with Crippen LogP contribution in [0.3, 0.4) is 0 Å². The van der Waals surface area contributed by atoms with Crippen LogP contribution in [0.25, 0.3) is 6.08 Å². The summed E-state index contributed by atoms with van der Waals surface area (Å²) in [5.74, 6) is -1.43. The van der Waals surface area contributed by atoms with Gasteiger partial charge in [-0.05, 0) is 29.5 Å². The molecular formula is C13H11O3-. The highest BCUT2D eigenvalue weighted by molar-refractivity contribution is 5.95. The molecule has 2 rings (SSSR count). The van der Waals surface area contributed by atoms with Crippen LogP contribution in [0.2, 0.25) is 0 Å². The molecule has 1 aliphatic rings. The molecule has 1 atom stereocenters. The largest absolute Gasteiger partial charge is 0.550 e. The molecule has 1 unspecified atom stereocenters. The van der Waals surface area contributed by atoms with Gasteiger partial charge >= 0.3 is 0 Å². The van der Waals surface area contributed by atoms with E-state index >= 15 is 0 Å². The average molecular weight is 215 g/mol. The Labute approximate surface area is 93.4 Å². The van der Waals surface area contributed by atoms with Crippen molar-refractivity contribution in [3.05, 3.63) is 41.5 Å². The second-order valence-electron chi connectivity index (χ2n) is 3.91. The van der Waals surface area contributed by atoms with Crippen molar-refractivity contribution in [1.82, 2.24) is 0 Å². The van der Waals surface area contributed by atoms with Crippen molar-refractivity contribution in [1.29, 1.82) is 0 Å². The van der Waals surface area contributed by atoms with Gasteiger partial charge in [0.2, 0.25) is 0 Å². The minimum Gasteiger partial charge on any atom is -0.550 e. The standard InChI is InChI=1S/C13H12O3/c14-11-6-5-9-3-1-2-4-12(9)10(7-11)8-13(15)16/h1-6,10H,7-8H2,(H,15,16)/p-1. The van der Waals surface area contributed by atoms with Crippen molar-refractivity contribution in [3.8, 4) is 0 Å². The van der Waals surface area contributed by atoms with Gasteiger partial charge in [0.15, 0.2) is 5.78 Å². The normalized spacial score (nSPS) is 19.0. The molecule has 1 aromatic rings. The number of aliphatic carboxylic acids is 1. The van der Waals surface area contributed by atoms with E-state index in [2.05, 4.69) is 0 Å². The quantitative estimate of drug-likeness (QED) is 0.736. The van der Waals surface area contributed by atoms with Crippen LogP contribution >= 0.6 is 0 Å². The Morgan fingerprint density at radius 3 is 2.81 bits per heavy atom. The lowest BCUT2D eigenvalue weighted by molar-refractivity contribution is -0.306. The number of carboxylic acid groups (broad SMARTS) is 1. The summed E-state index contributed by atoms with van der Waals surface area (Å²) in [5, 5.41) is 10.7. The molecule has 0 aliphatic heterocycles. The molecule has 0 spiro atoms. The van der Waals surface area contributed by atoms with Crippen LogP contribution in [0.1, 0.15) is 29.9 Å². The molecule has 0 aromatic heterocycles. The molecule has 3 heteroatoms. The molecule has 3 nitrogen and oxygen atoms in total. The lowest BCUT2D eigenvalue weighted by Gasteiger charge is -2.17. The molecule has 0 N–H and O–H groups in total. The van der Waals surface area contributed by atoms with Gasteiger partial charge in [-0.25, -0.2) is 0 Å². The lowest BCUT2D eigenvalue weighted by atomic mass is 9.89. The summed E-state index contributed by atoms with van der Waals surface area (Å²) in [4.78, 5) is 22.1. The van der Waals surface area contributed by atoms with E-state index in [0.29, 0.717) is 0 Å². The molecule has 82 valence electrons. The van der Waals surface area contributed by atoms with E-state index in [9.17, 15) is 14.7 Å². The highest BCUT2D eigenvalue weighted by Gasteiger charge is 2.19. The van der Waals surface area contributed by atoms with Crippen molar-refractivity contribution in [3.63, 3.8) is 0 Å². The summed E-state index contributed by atoms with van der Waals surface area (Å²) in [6, 6.07) is 7.47. The number of carbonyl (C=O) groups excluding carboxylic acids is 2. The molecule has 1 aromatic carbocycles. The molecule has 0 radical (unpaired) electrons. The molecule has 0 amide bonds. The Hall–Kier alpha value is -1.90. The topological polar surface area (TPSA) is 57.2 Å². The summed E-state index contributed by atoms with van der Waals surface area (Å²) in [6.45, 7) is 0. The Balaban J connectivity index is 2.40.